The van der Waals surface area contributed by atoms with Gasteiger partial charge in [0.25, 0.3) is 0 Å². The fourth-order valence-corrected chi connectivity index (χ4v) is 3.02. The Morgan fingerprint density at radius 1 is 1.31 bits per heavy atom. The molecule has 1 N–H and O–H groups in total. The third-order valence-electron chi connectivity index (χ3n) is 2.78. The number of benzene rings is 1. The van der Waals surface area contributed by atoms with E-state index in [2.05, 4.69) is 39.2 Å². The fourth-order valence-electron chi connectivity index (χ4n) is 1.87. The first-order valence-corrected chi connectivity index (χ1v) is 7.36. The summed E-state index contributed by atoms with van der Waals surface area (Å²) in [5.74, 6) is 0. The van der Waals surface area contributed by atoms with Crippen LogP contribution in [0, 0.1) is 0 Å². The number of fused-ring (bicyclic) bond motifs is 1. The van der Waals surface area contributed by atoms with Crippen LogP contribution in [0.2, 0.25) is 0 Å². The van der Waals surface area contributed by atoms with E-state index in [4.69, 9.17) is 0 Å². The van der Waals surface area contributed by atoms with Gasteiger partial charge in [-0.1, -0.05) is 0 Å². The molecule has 4 heteroatoms. The van der Waals surface area contributed by atoms with Crippen molar-refractivity contribution in [2.24, 2.45) is 7.92 Å². The van der Waals surface area contributed by atoms with Gasteiger partial charge in [-0.2, -0.15) is 0 Å². The van der Waals surface area contributed by atoms with E-state index in [0.29, 0.717) is 6.04 Å². The van der Waals surface area contributed by atoms with Gasteiger partial charge >= 0.3 is 102 Å². The maximum atomic E-state index is 4.48. The van der Waals surface area contributed by atoms with Crippen molar-refractivity contribution in [3.05, 3.63) is 18.2 Å². The van der Waals surface area contributed by atoms with Crippen LogP contribution in [0.1, 0.15) is 33.1 Å². The van der Waals surface area contributed by atoms with E-state index in [1.165, 1.54) is 12.8 Å². The van der Waals surface area contributed by atoms with Crippen LogP contribution in [0.4, 0.5) is 17.1 Å². The molecule has 0 amide bonds. The van der Waals surface area contributed by atoms with Crippen LogP contribution in [0.25, 0.3) is 0 Å². The number of anilines is 1. The van der Waals surface area contributed by atoms with Gasteiger partial charge in [0, 0.05) is 0 Å². The molecule has 0 fully saturated rings. The normalized spacial score (nSPS) is 14.4. The molecule has 0 bridgehead atoms. The molecular weight excluding hydrogens is 265 g/mol. The summed E-state index contributed by atoms with van der Waals surface area (Å²) in [6.45, 7) is 4.45. The van der Waals surface area contributed by atoms with Crippen molar-refractivity contribution < 1.29 is 0 Å². The maximum absolute atomic E-state index is 4.48. The number of nitrogens with zero attached hydrogens (tertiary/aromatic N) is 2. The van der Waals surface area contributed by atoms with Gasteiger partial charge in [-0.3, -0.25) is 0 Å². The van der Waals surface area contributed by atoms with E-state index in [0.717, 1.165) is 23.5 Å². The monoisotopic (exact) mass is 283 g/mol. The second kappa shape index (κ2) is 5.46. The van der Waals surface area contributed by atoms with Gasteiger partial charge in [0.1, 0.15) is 0 Å². The first-order valence-electron chi connectivity index (χ1n) is 5.83. The predicted octanol–water partition coefficient (Wildman–Crippen LogP) is 4.03. The standard InChI is InChI=1S/C12H17N3Se/c1-3-6-9(4-2)13-10-7-5-8-11-12(10)15-16-14-11/h5,7-9,13H,3-4,6H2,1-2H3. The number of rotatable bonds is 5. The summed E-state index contributed by atoms with van der Waals surface area (Å²) in [6, 6.07) is 6.76. The molecule has 1 unspecified atom stereocenters. The van der Waals surface area contributed by atoms with Gasteiger partial charge < -0.3 is 0 Å². The zero-order chi connectivity index (χ0) is 11.4. The van der Waals surface area contributed by atoms with E-state index in [9.17, 15) is 0 Å². The van der Waals surface area contributed by atoms with E-state index < -0.39 is 0 Å². The quantitative estimate of drug-likeness (QED) is 0.826. The second-order valence-corrected chi connectivity index (χ2v) is 5.08. The number of hydrogen-bond acceptors (Lipinski definition) is 3. The van der Waals surface area contributed by atoms with Crippen molar-refractivity contribution in [3.63, 3.8) is 0 Å². The molecule has 1 aliphatic heterocycles. The molecule has 0 radical (unpaired) electrons. The molecule has 0 aromatic heterocycles. The molecule has 0 saturated carbocycles. The topological polar surface area (TPSA) is 36.8 Å². The van der Waals surface area contributed by atoms with Crippen molar-refractivity contribution >= 4 is 31.6 Å². The van der Waals surface area contributed by atoms with Gasteiger partial charge in [0.15, 0.2) is 0 Å². The van der Waals surface area contributed by atoms with Gasteiger partial charge in [0.2, 0.25) is 0 Å². The van der Waals surface area contributed by atoms with Crippen molar-refractivity contribution in [1.82, 2.24) is 0 Å². The average Bonchev–Trinajstić information content (AvgIpc) is 2.77. The SMILES string of the molecule is CCCC(CC)Nc1cccc2c1N=[Se]=N2. The third-order valence-corrected chi connectivity index (χ3v) is 3.91. The first-order chi connectivity index (χ1) is 7.85. The van der Waals surface area contributed by atoms with Crippen LogP contribution in [0.5, 0.6) is 0 Å². The van der Waals surface area contributed by atoms with Crippen molar-refractivity contribution in [3.8, 4) is 0 Å². The average molecular weight is 282 g/mol. The Labute approximate surface area is 102 Å². The minimum absolute atomic E-state index is 0.0621. The number of hydrogen-bond donors (Lipinski definition) is 1. The molecule has 1 aliphatic rings. The van der Waals surface area contributed by atoms with Crippen LogP contribution in [-0.2, 0) is 0 Å². The van der Waals surface area contributed by atoms with E-state index >= 15 is 0 Å². The van der Waals surface area contributed by atoms with Gasteiger partial charge in [-0.25, -0.2) is 0 Å². The molecule has 1 aromatic carbocycles. The Bertz CT molecular complexity index is 436. The molecule has 1 atom stereocenters. The summed E-state index contributed by atoms with van der Waals surface area (Å²) in [4.78, 5) is 0. The van der Waals surface area contributed by atoms with Crippen molar-refractivity contribution in [1.29, 1.82) is 0 Å². The Morgan fingerprint density at radius 2 is 2.19 bits per heavy atom. The molecule has 16 heavy (non-hydrogen) atoms. The Balaban J connectivity index is 2.16. The van der Waals surface area contributed by atoms with Crippen molar-refractivity contribution in [2.45, 2.75) is 39.2 Å². The molecule has 1 aromatic rings. The molecule has 0 spiro atoms. The number of nitrogens with one attached hydrogen (secondary N) is 1. The molecule has 86 valence electrons. The minimum atomic E-state index is 0.0621. The van der Waals surface area contributed by atoms with Gasteiger partial charge in [-0.15, -0.1) is 0 Å². The molecule has 2 rings (SSSR count). The molecular formula is C12H17N3Se. The van der Waals surface area contributed by atoms with Crippen LogP contribution >= 0.6 is 0 Å². The molecule has 3 nitrogen and oxygen atoms in total. The molecule has 0 aliphatic carbocycles. The Morgan fingerprint density at radius 3 is 2.94 bits per heavy atom. The zero-order valence-electron chi connectivity index (χ0n) is 9.73. The van der Waals surface area contributed by atoms with Crippen LogP contribution in [0.3, 0.4) is 0 Å². The van der Waals surface area contributed by atoms with Crippen LogP contribution in [0.15, 0.2) is 26.1 Å². The van der Waals surface area contributed by atoms with E-state index in [1.807, 2.05) is 6.07 Å². The zero-order valence-corrected chi connectivity index (χ0v) is 11.4. The van der Waals surface area contributed by atoms with Gasteiger partial charge in [0.05, 0.1) is 0 Å². The summed E-state index contributed by atoms with van der Waals surface area (Å²) in [5, 5.41) is 3.59. The predicted molar refractivity (Wildman–Crippen MR) is 69.0 cm³/mol. The van der Waals surface area contributed by atoms with Crippen LogP contribution < -0.4 is 5.32 Å². The summed E-state index contributed by atoms with van der Waals surface area (Å²) in [5.41, 5.74) is 3.27. The molecule has 0 saturated heterocycles. The third kappa shape index (κ3) is 2.45. The Hall–Kier alpha value is -0.861. The first kappa shape index (κ1) is 11.6. The van der Waals surface area contributed by atoms with E-state index in [1.54, 1.807) is 0 Å². The summed E-state index contributed by atoms with van der Waals surface area (Å²) in [6.07, 6.45) is 3.58. The van der Waals surface area contributed by atoms with E-state index in [-0.39, 0.29) is 14.6 Å². The van der Waals surface area contributed by atoms with Gasteiger partial charge in [-0.05, 0) is 0 Å². The van der Waals surface area contributed by atoms with Crippen molar-refractivity contribution in [2.75, 3.05) is 5.32 Å². The summed E-state index contributed by atoms with van der Waals surface area (Å²) in [7, 11) is 0. The summed E-state index contributed by atoms with van der Waals surface area (Å²) >= 11 is 0.0621. The molecule has 1 heterocycles. The van der Waals surface area contributed by atoms with Crippen LogP contribution in [-0.4, -0.2) is 20.6 Å². The Kier molecular flexibility index (Phi) is 3.97. The summed E-state index contributed by atoms with van der Waals surface area (Å²) < 4.78 is 8.87. The fraction of sp³-hybridized carbons (Fsp3) is 0.500. The second-order valence-electron chi connectivity index (χ2n) is 3.98.